The Morgan fingerprint density at radius 1 is 1.03 bits per heavy atom. The first-order chi connectivity index (χ1) is 16.3. The number of amides is 1. The summed E-state index contributed by atoms with van der Waals surface area (Å²) in [5.74, 6) is 0.443. The van der Waals surface area contributed by atoms with Gasteiger partial charge in [0.15, 0.2) is 0 Å². The normalized spacial score (nSPS) is 10.9. The van der Waals surface area contributed by atoms with E-state index < -0.39 is 11.5 Å². The van der Waals surface area contributed by atoms with Crippen molar-refractivity contribution < 1.29 is 23.5 Å². The fourth-order valence-corrected chi connectivity index (χ4v) is 3.64. The predicted octanol–water partition coefficient (Wildman–Crippen LogP) is 4.75. The fraction of sp³-hybridized carbons (Fsp3) is 0.370. The fourth-order valence-electron chi connectivity index (χ4n) is 3.64. The Labute approximate surface area is 199 Å². The molecule has 0 saturated carbocycles. The van der Waals surface area contributed by atoms with Crippen molar-refractivity contribution >= 4 is 22.8 Å². The minimum Gasteiger partial charge on any atom is -0.494 e. The van der Waals surface area contributed by atoms with Gasteiger partial charge in [-0.05, 0) is 61.1 Å². The Bertz CT molecular complexity index is 1200. The molecule has 0 aliphatic heterocycles. The lowest BCUT2D eigenvalue weighted by Gasteiger charge is -2.12. The maximum absolute atomic E-state index is 12.3. The molecule has 0 saturated heterocycles. The molecule has 180 valence electrons. The summed E-state index contributed by atoms with van der Waals surface area (Å²) >= 11 is 0. The van der Waals surface area contributed by atoms with Crippen molar-refractivity contribution in [3.05, 3.63) is 75.6 Å². The summed E-state index contributed by atoms with van der Waals surface area (Å²) in [6, 6.07) is 14.6. The van der Waals surface area contributed by atoms with Gasteiger partial charge in [-0.2, -0.15) is 0 Å². The number of hydrogen-bond donors (Lipinski definition) is 1. The molecule has 1 N–H and O–H groups in total. The Morgan fingerprint density at radius 2 is 1.82 bits per heavy atom. The van der Waals surface area contributed by atoms with Crippen LogP contribution in [0.2, 0.25) is 0 Å². The largest absolute Gasteiger partial charge is 0.494 e. The lowest BCUT2D eigenvalue weighted by Crippen LogP contribution is -2.29. The highest BCUT2D eigenvalue weighted by molar-refractivity contribution is 5.96. The Kier molecular flexibility index (Phi) is 8.85. The molecule has 34 heavy (non-hydrogen) atoms. The number of rotatable bonds is 11. The smallest absolute Gasteiger partial charge is 0.349 e. The van der Waals surface area contributed by atoms with E-state index in [1.807, 2.05) is 12.1 Å². The van der Waals surface area contributed by atoms with Gasteiger partial charge in [-0.1, -0.05) is 38.1 Å². The van der Waals surface area contributed by atoms with Crippen molar-refractivity contribution in [1.29, 1.82) is 0 Å². The van der Waals surface area contributed by atoms with Gasteiger partial charge in [-0.15, -0.1) is 0 Å². The van der Waals surface area contributed by atoms with Gasteiger partial charge in [0.1, 0.15) is 16.9 Å². The van der Waals surface area contributed by atoms with E-state index in [0.29, 0.717) is 36.3 Å². The van der Waals surface area contributed by atoms with E-state index in [9.17, 15) is 14.4 Å². The second kappa shape index (κ2) is 12.0. The molecule has 0 spiro atoms. The molecule has 7 heteroatoms. The average Bonchev–Trinajstić information content (AvgIpc) is 2.80. The highest BCUT2D eigenvalue weighted by atomic mass is 16.5. The van der Waals surface area contributed by atoms with Crippen LogP contribution in [0.15, 0.2) is 57.7 Å². The molecule has 2 aromatic carbocycles. The molecular weight excluding hydrogens is 434 g/mol. The van der Waals surface area contributed by atoms with Gasteiger partial charge >= 0.3 is 11.6 Å². The topological polar surface area (TPSA) is 94.8 Å². The second-order valence-corrected chi connectivity index (χ2v) is 8.44. The third-order valence-corrected chi connectivity index (χ3v) is 5.41. The zero-order valence-electron chi connectivity index (χ0n) is 19.9. The van der Waals surface area contributed by atoms with Crippen molar-refractivity contribution in [2.75, 3.05) is 19.8 Å². The summed E-state index contributed by atoms with van der Waals surface area (Å²) in [6.07, 6.45) is 1.25. The number of esters is 1. The number of hydrogen-bond acceptors (Lipinski definition) is 6. The Morgan fingerprint density at radius 3 is 2.59 bits per heavy atom. The van der Waals surface area contributed by atoms with E-state index in [-0.39, 0.29) is 31.1 Å². The van der Waals surface area contributed by atoms with Gasteiger partial charge in [0, 0.05) is 18.4 Å². The number of carbonyl (C=O) groups is 2. The van der Waals surface area contributed by atoms with Crippen LogP contribution in [0.3, 0.4) is 0 Å². The van der Waals surface area contributed by atoms with Crippen LogP contribution < -0.4 is 15.7 Å². The molecular formula is C27H31NO6. The summed E-state index contributed by atoms with van der Waals surface area (Å²) in [7, 11) is 0. The van der Waals surface area contributed by atoms with Gasteiger partial charge in [0.25, 0.3) is 5.91 Å². The maximum atomic E-state index is 12.3. The van der Waals surface area contributed by atoms with Crippen LogP contribution in [-0.4, -0.2) is 31.6 Å². The minimum absolute atomic E-state index is 0.0512. The number of aryl methyl sites for hydroxylation is 1. The molecule has 0 unspecified atom stereocenters. The highest BCUT2D eigenvalue weighted by Crippen LogP contribution is 2.23. The SMILES string of the molecule is Cc1cc(OCCCC(=O)OCCCNC(=O)c2cc3ccccc3oc2=O)ccc1C(C)C. The number of nitrogens with one attached hydrogen (secondary N) is 1. The molecule has 0 aliphatic carbocycles. The molecule has 0 bridgehead atoms. The number of benzene rings is 2. The van der Waals surface area contributed by atoms with E-state index in [2.05, 4.69) is 32.2 Å². The molecule has 1 heterocycles. The van der Waals surface area contributed by atoms with Crippen LogP contribution in [0.1, 0.15) is 60.5 Å². The van der Waals surface area contributed by atoms with Gasteiger partial charge in [-0.25, -0.2) is 4.79 Å². The average molecular weight is 466 g/mol. The van der Waals surface area contributed by atoms with Crippen molar-refractivity contribution in [3.8, 4) is 5.75 Å². The zero-order chi connectivity index (χ0) is 24.5. The van der Waals surface area contributed by atoms with Crippen LogP contribution in [0.4, 0.5) is 0 Å². The van der Waals surface area contributed by atoms with Crippen molar-refractivity contribution in [1.82, 2.24) is 5.32 Å². The lowest BCUT2D eigenvalue weighted by atomic mass is 9.98. The third-order valence-electron chi connectivity index (χ3n) is 5.41. The standard InChI is InChI=1S/C27H31NO6/c1-18(2)22-12-11-21(16-19(22)3)32-14-6-10-25(29)33-15-7-13-28-26(30)23-17-20-8-4-5-9-24(20)34-27(23)31/h4-5,8-9,11-12,16-18H,6-7,10,13-15H2,1-3H3,(H,28,30). The molecule has 0 radical (unpaired) electrons. The molecule has 3 rings (SSSR count). The zero-order valence-corrected chi connectivity index (χ0v) is 19.9. The molecule has 0 fully saturated rings. The Hall–Kier alpha value is -3.61. The summed E-state index contributed by atoms with van der Waals surface area (Å²) < 4.78 is 16.1. The van der Waals surface area contributed by atoms with E-state index >= 15 is 0 Å². The lowest BCUT2D eigenvalue weighted by molar-refractivity contribution is -0.143. The number of para-hydroxylation sites is 1. The van der Waals surface area contributed by atoms with E-state index in [0.717, 1.165) is 5.75 Å². The summed E-state index contributed by atoms with van der Waals surface area (Å²) in [6.45, 7) is 7.27. The molecule has 7 nitrogen and oxygen atoms in total. The van der Waals surface area contributed by atoms with Crippen molar-refractivity contribution in [3.63, 3.8) is 0 Å². The minimum atomic E-state index is -0.684. The van der Waals surface area contributed by atoms with Gasteiger partial charge in [0.05, 0.1) is 13.2 Å². The van der Waals surface area contributed by atoms with E-state index in [1.165, 1.54) is 17.2 Å². The van der Waals surface area contributed by atoms with Crippen molar-refractivity contribution in [2.45, 2.75) is 46.0 Å². The van der Waals surface area contributed by atoms with Crippen LogP contribution in [0, 0.1) is 6.92 Å². The second-order valence-electron chi connectivity index (χ2n) is 8.44. The van der Waals surface area contributed by atoms with Gasteiger partial charge < -0.3 is 19.2 Å². The first-order valence-corrected chi connectivity index (χ1v) is 11.5. The molecule has 3 aromatic rings. The summed E-state index contributed by atoms with van der Waals surface area (Å²) in [5.41, 5.74) is 2.19. The quantitative estimate of drug-likeness (QED) is 0.250. The first kappa shape index (κ1) is 25.0. The van der Waals surface area contributed by atoms with Gasteiger partial charge in [-0.3, -0.25) is 9.59 Å². The molecule has 1 aromatic heterocycles. The molecule has 1 amide bonds. The predicted molar refractivity (Wildman–Crippen MR) is 130 cm³/mol. The van der Waals surface area contributed by atoms with Crippen molar-refractivity contribution in [2.24, 2.45) is 0 Å². The Balaban J connectivity index is 1.31. The monoisotopic (exact) mass is 465 g/mol. The highest BCUT2D eigenvalue weighted by Gasteiger charge is 2.13. The first-order valence-electron chi connectivity index (χ1n) is 11.5. The maximum Gasteiger partial charge on any atom is 0.349 e. The van der Waals surface area contributed by atoms with Crippen LogP contribution in [0.25, 0.3) is 11.0 Å². The number of ether oxygens (including phenoxy) is 2. The van der Waals surface area contributed by atoms with E-state index in [4.69, 9.17) is 13.9 Å². The molecule has 0 aliphatic rings. The van der Waals surface area contributed by atoms with Crippen LogP contribution in [0.5, 0.6) is 5.75 Å². The summed E-state index contributed by atoms with van der Waals surface area (Å²) in [5, 5.41) is 3.33. The van der Waals surface area contributed by atoms with E-state index in [1.54, 1.807) is 24.3 Å². The third kappa shape index (κ3) is 6.94. The van der Waals surface area contributed by atoms with Crippen LogP contribution >= 0.6 is 0 Å². The number of fused-ring (bicyclic) bond motifs is 1. The van der Waals surface area contributed by atoms with Crippen LogP contribution in [-0.2, 0) is 9.53 Å². The number of carbonyl (C=O) groups excluding carboxylic acids is 2. The van der Waals surface area contributed by atoms with Gasteiger partial charge in [0.2, 0.25) is 0 Å². The molecule has 0 atom stereocenters. The summed E-state index contributed by atoms with van der Waals surface area (Å²) in [4.78, 5) is 36.2.